The molecule has 2 aliphatic rings. The molecule has 126 valence electrons. The van der Waals surface area contributed by atoms with Gasteiger partial charge in [0.2, 0.25) is 0 Å². The third-order valence-corrected chi connectivity index (χ3v) is 4.56. The number of hydrogen-bond donors (Lipinski definition) is 1. The molecule has 1 aromatic rings. The van der Waals surface area contributed by atoms with Gasteiger partial charge in [0.25, 0.3) is 5.79 Å². The Kier molecular flexibility index (Phi) is 3.82. The van der Waals surface area contributed by atoms with Crippen LogP contribution in [0.1, 0.15) is 40.2 Å². The van der Waals surface area contributed by atoms with Gasteiger partial charge in [-0.1, -0.05) is 51.1 Å². The predicted octanol–water partition coefficient (Wildman–Crippen LogP) is 3.36. The molecule has 1 N–H and O–H groups in total. The quantitative estimate of drug-likeness (QED) is 0.928. The van der Waals surface area contributed by atoms with Crippen LogP contribution in [0, 0.1) is 5.41 Å². The van der Waals surface area contributed by atoms with Crippen LogP contribution in [0.4, 0.5) is 0 Å². The maximum atomic E-state index is 11.7. The van der Waals surface area contributed by atoms with Gasteiger partial charge < -0.3 is 19.3 Å². The van der Waals surface area contributed by atoms with E-state index in [1.165, 1.54) is 0 Å². The molecule has 1 aromatic carbocycles. The van der Waals surface area contributed by atoms with E-state index in [2.05, 4.69) is 0 Å². The fourth-order valence-corrected chi connectivity index (χ4v) is 3.53. The monoisotopic (exact) mass is 318 g/mol. The fourth-order valence-electron chi connectivity index (χ4n) is 3.53. The van der Waals surface area contributed by atoms with Gasteiger partial charge in [-0.25, -0.2) is 0 Å². The summed E-state index contributed by atoms with van der Waals surface area (Å²) in [4.78, 5) is 0. The van der Waals surface area contributed by atoms with Crippen molar-refractivity contribution in [3.8, 4) is 0 Å². The van der Waals surface area contributed by atoms with Crippen molar-refractivity contribution in [1.29, 1.82) is 0 Å². The minimum atomic E-state index is -1.28. The van der Waals surface area contributed by atoms with Crippen LogP contribution >= 0.6 is 0 Å². The first-order valence-electron chi connectivity index (χ1n) is 8.21. The molecule has 1 aliphatic carbocycles. The Hall–Kier alpha value is -1.36. The molecular formula is C19H26O4. The van der Waals surface area contributed by atoms with Gasteiger partial charge in [-0.3, -0.25) is 0 Å². The van der Waals surface area contributed by atoms with E-state index < -0.39 is 16.8 Å². The zero-order valence-corrected chi connectivity index (χ0v) is 14.6. The standard InChI is InChI=1S/C19H26O4/c1-13(2)23-16-15(14-9-7-6-8-10-14)18(20,17(3,4)5)19(16)21-11-12-22-19/h6-10,13,20H,11-12H2,1-5H3. The highest BCUT2D eigenvalue weighted by atomic mass is 16.8. The molecule has 1 saturated heterocycles. The maximum Gasteiger partial charge on any atom is 0.263 e. The summed E-state index contributed by atoms with van der Waals surface area (Å²) in [6.07, 6.45) is -0.0297. The van der Waals surface area contributed by atoms with Crippen LogP contribution in [0.15, 0.2) is 36.1 Å². The Morgan fingerprint density at radius 3 is 2.13 bits per heavy atom. The normalized spacial score (nSPS) is 26.7. The lowest BCUT2D eigenvalue weighted by molar-refractivity contribution is -0.293. The Labute approximate surface area is 138 Å². The van der Waals surface area contributed by atoms with Crippen LogP contribution in [0.25, 0.3) is 5.57 Å². The Morgan fingerprint density at radius 2 is 1.65 bits per heavy atom. The second-order valence-corrected chi connectivity index (χ2v) is 7.51. The number of benzene rings is 1. The first-order chi connectivity index (χ1) is 10.7. The van der Waals surface area contributed by atoms with Gasteiger partial charge in [0.15, 0.2) is 11.4 Å². The van der Waals surface area contributed by atoms with E-state index >= 15 is 0 Å². The first kappa shape index (κ1) is 16.5. The molecule has 1 aliphatic heterocycles. The van der Waals surface area contributed by atoms with E-state index in [0.717, 1.165) is 11.1 Å². The van der Waals surface area contributed by atoms with Gasteiger partial charge in [0.1, 0.15) is 0 Å². The summed E-state index contributed by atoms with van der Waals surface area (Å²) in [7, 11) is 0. The van der Waals surface area contributed by atoms with Gasteiger partial charge in [-0.15, -0.1) is 0 Å². The number of aliphatic hydroxyl groups is 1. The molecule has 0 bridgehead atoms. The van der Waals surface area contributed by atoms with Gasteiger partial charge in [0, 0.05) is 11.0 Å². The average Bonchev–Trinajstić information content (AvgIpc) is 2.98. The molecule has 3 rings (SSSR count). The van der Waals surface area contributed by atoms with Crippen molar-refractivity contribution in [2.24, 2.45) is 5.41 Å². The summed E-state index contributed by atoms with van der Waals surface area (Å²) >= 11 is 0. The first-order valence-corrected chi connectivity index (χ1v) is 8.21. The smallest absolute Gasteiger partial charge is 0.263 e. The van der Waals surface area contributed by atoms with Crippen molar-refractivity contribution in [1.82, 2.24) is 0 Å². The molecule has 4 nitrogen and oxygen atoms in total. The van der Waals surface area contributed by atoms with E-state index in [0.29, 0.717) is 19.0 Å². The zero-order chi connectivity index (χ0) is 16.9. The Bertz CT molecular complexity index is 606. The Balaban J connectivity index is 2.23. The minimum absolute atomic E-state index is 0.0297. The molecule has 1 heterocycles. The lowest BCUT2D eigenvalue weighted by Gasteiger charge is -2.59. The van der Waals surface area contributed by atoms with Gasteiger partial charge in [-0.05, 0) is 19.4 Å². The summed E-state index contributed by atoms with van der Waals surface area (Å²) in [5, 5.41) is 11.7. The second-order valence-electron chi connectivity index (χ2n) is 7.51. The molecular weight excluding hydrogens is 292 g/mol. The molecule has 23 heavy (non-hydrogen) atoms. The third-order valence-electron chi connectivity index (χ3n) is 4.56. The SMILES string of the molecule is CC(C)OC1=C(c2ccccc2)C(O)(C(C)(C)C)C12OCCO2. The van der Waals surface area contributed by atoms with Crippen LogP contribution in [0.2, 0.25) is 0 Å². The molecule has 0 radical (unpaired) electrons. The summed E-state index contributed by atoms with van der Waals surface area (Å²) in [6.45, 7) is 10.8. The van der Waals surface area contributed by atoms with Crippen LogP contribution in [0.5, 0.6) is 0 Å². The molecule has 1 atom stereocenters. The molecule has 1 spiro atoms. The maximum absolute atomic E-state index is 11.7. The Morgan fingerprint density at radius 1 is 1.09 bits per heavy atom. The summed E-state index contributed by atoms with van der Waals surface area (Å²) in [6, 6.07) is 9.84. The van der Waals surface area contributed by atoms with Crippen LogP contribution < -0.4 is 0 Å². The van der Waals surface area contributed by atoms with Crippen LogP contribution in [0.3, 0.4) is 0 Å². The van der Waals surface area contributed by atoms with E-state index in [4.69, 9.17) is 14.2 Å². The van der Waals surface area contributed by atoms with E-state index in [1.54, 1.807) is 0 Å². The lowest BCUT2D eigenvalue weighted by atomic mass is 9.57. The number of hydrogen-bond acceptors (Lipinski definition) is 4. The fraction of sp³-hybridized carbons (Fsp3) is 0.579. The zero-order valence-electron chi connectivity index (χ0n) is 14.6. The van der Waals surface area contributed by atoms with Gasteiger partial charge in [-0.2, -0.15) is 0 Å². The predicted molar refractivity (Wildman–Crippen MR) is 88.6 cm³/mol. The van der Waals surface area contributed by atoms with Crippen molar-refractivity contribution in [2.75, 3.05) is 13.2 Å². The van der Waals surface area contributed by atoms with E-state index in [9.17, 15) is 5.11 Å². The molecule has 1 fully saturated rings. The highest BCUT2D eigenvalue weighted by Gasteiger charge is 2.75. The van der Waals surface area contributed by atoms with Gasteiger partial charge >= 0.3 is 0 Å². The lowest BCUT2D eigenvalue weighted by Crippen LogP contribution is -2.71. The molecule has 1 unspecified atom stereocenters. The summed E-state index contributed by atoms with van der Waals surface area (Å²) in [5.41, 5.74) is -0.0551. The number of ether oxygens (including phenoxy) is 3. The molecule has 0 saturated carbocycles. The van der Waals surface area contributed by atoms with Crippen molar-refractivity contribution < 1.29 is 19.3 Å². The van der Waals surface area contributed by atoms with Gasteiger partial charge in [0.05, 0.1) is 19.3 Å². The largest absolute Gasteiger partial charge is 0.489 e. The molecule has 0 amide bonds. The van der Waals surface area contributed by atoms with Crippen LogP contribution in [-0.2, 0) is 14.2 Å². The third kappa shape index (κ3) is 2.16. The van der Waals surface area contributed by atoms with Crippen LogP contribution in [-0.4, -0.2) is 35.8 Å². The molecule has 0 aromatic heterocycles. The summed E-state index contributed by atoms with van der Waals surface area (Å²) in [5.74, 6) is -0.602. The van der Waals surface area contributed by atoms with Crippen molar-refractivity contribution in [3.05, 3.63) is 41.7 Å². The highest BCUT2D eigenvalue weighted by molar-refractivity contribution is 5.84. The molecule has 4 heteroatoms. The highest BCUT2D eigenvalue weighted by Crippen LogP contribution is 2.63. The average molecular weight is 318 g/mol. The van der Waals surface area contributed by atoms with E-state index in [1.807, 2.05) is 65.0 Å². The minimum Gasteiger partial charge on any atom is -0.489 e. The number of rotatable bonds is 3. The summed E-state index contributed by atoms with van der Waals surface area (Å²) < 4.78 is 17.9. The van der Waals surface area contributed by atoms with Crippen molar-refractivity contribution >= 4 is 5.57 Å². The van der Waals surface area contributed by atoms with E-state index in [-0.39, 0.29) is 6.10 Å². The topological polar surface area (TPSA) is 47.9 Å². The van der Waals surface area contributed by atoms with Crippen molar-refractivity contribution in [3.63, 3.8) is 0 Å². The van der Waals surface area contributed by atoms with Crippen molar-refractivity contribution in [2.45, 2.75) is 52.1 Å². The second kappa shape index (κ2) is 5.33.